The van der Waals surface area contributed by atoms with E-state index < -0.39 is 0 Å². The van der Waals surface area contributed by atoms with E-state index in [9.17, 15) is 0 Å². The Bertz CT molecular complexity index is 1260. The van der Waals surface area contributed by atoms with Crippen LogP contribution in [0.4, 0.5) is 11.5 Å². The number of quaternary nitrogens is 1. The van der Waals surface area contributed by atoms with Crippen LogP contribution in [0.1, 0.15) is 24.2 Å². The molecule has 0 saturated heterocycles. The average Bonchev–Trinajstić information content (AvgIpc) is 3.21. The highest BCUT2D eigenvalue weighted by Crippen LogP contribution is 2.29. The third-order valence-electron chi connectivity index (χ3n) is 5.82. The Kier molecular flexibility index (Phi) is 8.36. The highest BCUT2D eigenvalue weighted by atomic mass is 32.2. The Morgan fingerprint density at radius 2 is 1.97 bits per heavy atom. The fourth-order valence-electron chi connectivity index (χ4n) is 4.07. The lowest BCUT2D eigenvalue weighted by atomic mass is 10.2. The normalized spacial score (nSPS) is 11.6. The molecule has 9 heteroatoms. The first-order valence-corrected chi connectivity index (χ1v) is 12.3. The van der Waals surface area contributed by atoms with Gasteiger partial charge in [0.1, 0.15) is 11.3 Å². The van der Waals surface area contributed by atoms with Gasteiger partial charge >= 0.3 is 0 Å². The topological polar surface area (TPSA) is 104 Å². The molecule has 0 saturated carbocycles. The second-order valence-corrected chi connectivity index (χ2v) is 9.17. The summed E-state index contributed by atoms with van der Waals surface area (Å²) in [5, 5.41) is 1.08. The minimum absolute atomic E-state index is 0.479. The van der Waals surface area contributed by atoms with E-state index in [1.165, 1.54) is 10.5 Å². The van der Waals surface area contributed by atoms with Crippen molar-refractivity contribution in [2.24, 2.45) is 0 Å². The molecular weight excluding hydrogens is 448 g/mol. The molecule has 0 radical (unpaired) electrons. The molecule has 180 valence electrons. The Morgan fingerprint density at radius 3 is 2.79 bits per heavy atom. The van der Waals surface area contributed by atoms with Crippen LogP contribution in [0.2, 0.25) is 0 Å². The van der Waals surface area contributed by atoms with Crippen molar-refractivity contribution in [2.45, 2.75) is 37.6 Å². The molecule has 0 spiro atoms. The van der Waals surface area contributed by atoms with Crippen LogP contribution in [0.25, 0.3) is 21.9 Å². The Morgan fingerprint density at radius 1 is 1.12 bits per heavy atom. The van der Waals surface area contributed by atoms with Gasteiger partial charge in [0.15, 0.2) is 11.5 Å². The number of hydrogen-bond donors (Lipinski definition) is 3. The SMILES string of the molecule is COCCc1nc2c(N)nc3ccccc3c2n1CCCCNSc1ccc(C)c([NH2+]OC)c1. The van der Waals surface area contributed by atoms with Gasteiger partial charge in [-0.3, -0.25) is 4.72 Å². The molecule has 8 nitrogen and oxygen atoms in total. The van der Waals surface area contributed by atoms with Gasteiger partial charge < -0.3 is 15.0 Å². The summed E-state index contributed by atoms with van der Waals surface area (Å²) in [4.78, 5) is 15.8. The number of methoxy groups -OCH3 is 1. The van der Waals surface area contributed by atoms with E-state index in [0.29, 0.717) is 12.4 Å². The number of fused-ring (bicyclic) bond motifs is 3. The number of aromatic nitrogens is 3. The monoisotopic (exact) mass is 481 g/mol. The molecular formula is C25H33N6O2S+. The first kappa shape index (κ1) is 24.4. The van der Waals surface area contributed by atoms with Crippen molar-refractivity contribution in [1.82, 2.24) is 19.3 Å². The van der Waals surface area contributed by atoms with Gasteiger partial charge in [-0.2, -0.15) is 5.48 Å². The lowest BCUT2D eigenvalue weighted by Gasteiger charge is -2.11. The third-order valence-corrected chi connectivity index (χ3v) is 6.65. The number of pyridine rings is 1. The maximum atomic E-state index is 6.28. The number of aryl methyl sites for hydroxylation is 2. The minimum Gasteiger partial charge on any atom is -0.384 e. The van der Waals surface area contributed by atoms with Crippen molar-refractivity contribution in [3.8, 4) is 0 Å². The highest BCUT2D eigenvalue weighted by molar-refractivity contribution is 7.97. The second kappa shape index (κ2) is 11.6. The fourth-order valence-corrected chi connectivity index (χ4v) is 4.80. The van der Waals surface area contributed by atoms with E-state index in [0.717, 1.165) is 65.8 Å². The summed E-state index contributed by atoms with van der Waals surface area (Å²) in [5.74, 6) is 1.47. The van der Waals surface area contributed by atoms with Gasteiger partial charge in [0.05, 0.1) is 24.8 Å². The maximum Gasteiger partial charge on any atom is 0.166 e. The first-order chi connectivity index (χ1) is 16.6. The van der Waals surface area contributed by atoms with Crippen LogP contribution in [0, 0.1) is 6.92 Å². The van der Waals surface area contributed by atoms with Gasteiger partial charge in [-0.05, 0) is 43.8 Å². The van der Waals surface area contributed by atoms with Crippen LogP contribution >= 0.6 is 11.9 Å². The number of rotatable bonds is 12. The van der Waals surface area contributed by atoms with E-state index in [1.807, 2.05) is 18.2 Å². The number of benzene rings is 2. The Labute approximate surface area is 204 Å². The summed E-state index contributed by atoms with van der Waals surface area (Å²) in [6, 6.07) is 14.5. The minimum atomic E-state index is 0.479. The molecule has 2 heterocycles. The van der Waals surface area contributed by atoms with Gasteiger partial charge in [0, 0.05) is 48.5 Å². The number of nitrogens with zero attached hydrogens (tertiary/aromatic N) is 3. The molecule has 0 aliphatic heterocycles. The zero-order valence-corrected chi connectivity index (χ0v) is 20.8. The molecule has 0 amide bonds. The van der Waals surface area contributed by atoms with E-state index in [-0.39, 0.29) is 0 Å². The van der Waals surface area contributed by atoms with Crippen molar-refractivity contribution < 1.29 is 15.1 Å². The smallest absolute Gasteiger partial charge is 0.166 e. The van der Waals surface area contributed by atoms with Crippen LogP contribution in [0.3, 0.4) is 0 Å². The van der Waals surface area contributed by atoms with Crippen molar-refractivity contribution >= 4 is 45.4 Å². The zero-order valence-electron chi connectivity index (χ0n) is 20.0. The van der Waals surface area contributed by atoms with Crippen molar-refractivity contribution in [2.75, 3.05) is 33.1 Å². The molecule has 2 aromatic carbocycles. The number of ether oxygens (including phenoxy) is 1. The van der Waals surface area contributed by atoms with Gasteiger partial charge in [-0.1, -0.05) is 24.3 Å². The molecule has 34 heavy (non-hydrogen) atoms. The molecule has 0 aliphatic carbocycles. The van der Waals surface area contributed by atoms with Crippen LogP contribution in [0.5, 0.6) is 0 Å². The summed E-state index contributed by atoms with van der Waals surface area (Å²) in [6.45, 7) is 4.48. The average molecular weight is 482 g/mol. The van der Waals surface area contributed by atoms with E-state index in [4.69, 9.17) is 20.3 Å². The number of nitrogens with two attached hydrogens (primary N) is 2. The van der Waals surface area contributed by atoms with Crippen LogP contribution < -0.4 is 15.9 Å². The predicted molar refractivity (Wildman–Crippen MR) is 138 cm³/mol. The summed E-state index contributed by atoms with van der Waals surface area (Å²) in [5.41, 5.74) is 13.1. The predicted octanol–water partition coefficient (Wildman–Crippen LogP) is 3.50. The first-order valence-electron chi connectivity index (χ1n) is 11.5. The standard InChI is InChI=1S/C25H32N6O2S/c1-17-10-11-18(16-21(17)30-33-3)34-27-13-6-7-14-31-22(12-15-32-2)29-23-24(31)19-8-4-5-9-20(19)28-25(23)26/h4-5,8-11,16,27,30H,6-7,12-15H2,1-3H3,(H2,26,28)/p+1. The fraction of sp³-hybridized carbons (Fsp3) is 0.360. The summed E-state index contributed by atoms with van der Waals surface area (Å²) in [7, 11) is 3.39. The van der Waals surface area contributed by atoms with Crippen LogP contribution in [-0.2, 0) is 22.5 Å². The van der Waals surface area contributed by atoms with Gasteiger partial charge in [0.25, 0.3) is 0 Å². The van der Waals surface area contributed by atoms with E-state index in [2.05, 4.69) is 45.5 Å². The van der Waals surface area contributed by atoms with E-state index in [1.54, 1.807) is 31.6 Å². The summed E-state index contributed by atoms with van der Waals surface area (Å²) < 4.78 is 11.1. The lowest BCUT2D eigenvalue weighted by molar-refractivity contribution is -0.830. The second-order valence-electron chi connectivity index (χ2n) is 8.21. The highest BCUT2D eigenvalue weighted by Gasteiger charge is 2.17. The van der Waals surface area contributed by atoms with E-state index >= 15 is 0 Å². The Balaban J connectivity index is 1.42. The van der Waals surface area contributed by atoms with Gasteiger partial charge in [0.2, 0.25) is 0 Å². The molecule has 4 aromatic rings. The molecule has 0 fully saturated rings. The molecule has 0 bridgehead atoms. The van der Waals surface area contributed by atoms with Crippen molar-refractivity contribution in [3.63, 3.8) is 0 Å². The molecule has 0 atom stereocenters. The number of nitrogen functional groups attached to an aromatic ring is 1. The van der Waals surface area contributed by atoms with Gasteiger partial charge in [-0.15, -0.1) is 0 Å². The molecule has 4 rings (SSSR count). The molecule has 0 aliphatic rings. The quantitative estimate of drug-likeness (QED) is 0.123. The number of anilines is 1. The van der Waals surface area contributed by atoms with Crippen LogP contribution in [0.15, 0.2) is 47.4 Å². The number of nitrogens with one attached hydrogen (secondary N) is 1. The van der Waals surface area contributed by atoms with Crippen molar-refractivity contribution in [1.29, 1.82) is 0 Å². The Hall–Kier alpha value is -2.69. The maximum absolute atomic E-state index is 6.28. The molecule has 5 N–H and O–H groups in total. The van der Waals surface area contributed by atoms with Crippen molar-refractivity contribution in [3.05, 3.63) is 53.9 Å². The number of imidazole rings is 1. The molecule has 2 aromatic heterocycles. The summed E-state index contributed by atoms with van der Waals surface area (Å²) >= 11 is 1.65. The van der Waals surface area contributed by atoms with Crippen LogP contribution in [-0.4, -0.2) is 41.9 Å². The summed E-state index contributed by atoms with van der Waals surface area (Å²) in [6.07, 6.45) is 2.80. The number of para-hydroxylation sites is 1. The molecule has 0 unspecified atom stereocenters. The zero-order chi connectivity index (χ0) is 23.9. The lowest BCUT2D eigenvalue weighted by Crippen LogP contribution is -2.76. The van der Waals surface area contributed by atoms with Gasteiger partial charge in [-0.25, -0.2) is 14.8 Å². The third kappa shape index (κ3) is 5.51. The largest absolute Gasteiger partial charge is 0.384 e. The number of hydrogen-bond acceptors (Lipinski definition) is 7. The number of unbranched alkanes of at least 4 members (excludes halogenated alkanes) is 1.